The van der Waals surface area contributed by atoms with Crippen molar-refractivity contribution >= 4 is 27.4 Å². The third kappa shape index (κ3) is 4.69. The van der Waals surface area contributed by atoms with Crippen LogP contribution in [0.3, 0.4) is 0 Å². The van der Waals surface area contributed by atoms with Crippen LogP contribution in [0.25, 0.3) is 22.2 Å². The van der Waals surface area contributed by atoms with Crippen molar-refractivity contribution in [2.45, 2.75) is 25.3 Å². The molecule has 5 N–H and O–H groups in total. The molecule has 4 heterocycles. The van der Waals surface area contributed by atoms with Crippen molar-refractivity contribution in [1.29, 1.82) is 0 Å². The Kier molecular flexibility index (Phi) is 6.00. The maximum absolute atomic E-state index is 12.3. The van der Waals surface area contributed by atoms with Gasteiger partial charge in [0.15, 0.2) is 0 Å². The summed E-state index contributed by atoms with van der Waals surface area (Å²) in [7, 11) is -0.310. The minimum Gasteiger partial charge on any atom is -0.460 e. The monoisotopic (exact) mass is 472 g/mol. The minimum absolute atomic E-state index is 0.207. The maximum atomic E-state index is 12.3. The molecule has 0 aliphatic carbocycles. The largest absolute Gasteiger partial charge is 0.460 e. The van der Waals surface area contributed by atoms with E-state index in [4.69, 9.17) is 10.2 Å². The van der Waals surface area contributed by atoms with Gasteiger partial charge in [0.1, 0.15) is 11.5 Å². The van der Waals surface area contributed by atoms with Gasteiger partial charge in [-0.15, -0.1) is 0 Å². The molecule has 3 aromatic rings. The Balaban J connectivity index is 1.45. The molecule has 2 aliphatic rings. The van der Waals surface area contributed by atoms with E-state index >= 15 is 0 Å². The molecule has 1 aromatic carbocycles. The highest BCUT2D eigenvalue weighted by molar-refractivity contribution is 8.24. The number of nitrogens with two attached hydrogens (primary N) is 1. The molecule has 1 amide bonds. The predicted octanol–water partition coefficient (Wildman–Crippen LogP) is 3.90. The van der Waals surface area contributed by atoms with Crippen LogP contribution in [-0.4, -0.2) is 74.5 Å². The molecule has 2 saturated heterocycles. The summed E-state index contributed by atoms with van der Waals surface area (Å²) in [6.45, 7) is 4.91. The fourth-order valence-electron chi connectivity index (χ4n) is 4.99. The molecule has 0 bridgehead atoms. The Morgan fingerprint density at radius 1 is 1.18 bits per heavy atom. The van der Waals surface area contributed by atoms with Gasteiger partial charge in [-0.1, -0.05) is 0 Å². The van der Waals surface area contributed by atoms with Crippen LogP contribution in [0.15, 0.2) is 34.9 Å². The third-order valence-electron chi connectivity index (χ3n) is 7.03. The summed E-state index contributed by atoms with van der Waals surface area (Å²) in [6, 6.07) is 7.81. The van der Waals surface area contributed by atoms with Crippen molar-refractivity contribution in [2.75, 3.05) is 44.7 Å². The zero-order chi connectivity index (χ0) is 23.2. The zero-order valence-electron chi connectivity index (χ0n) is 18.9. The fraction of sp³-hybridized carbons (Fsp3) is 0.458. The number of hydrogen-bond donors (Lipinski definition) is 4. The van der Waals surface area contributed by atoms with Crippen molar-refractivity contribution < 1.29 is 18.3 Å². The Morgan fingerprint density at radius 2 is 1.91 bits per heavy atom. The molecule has 178 valence electrons. The van der Waals surface area contributed by atoms with Crippen LogP contribution in [0, 0.1) is 0 Å². The number of amides is 1. The number of aromatic amines is 1. The Labute approximate surface area is 195 Å². The molecule has 9 heteroatoms. The van der Waals surface area contributed by atoms with Crippen LogP contribution in [0.1, 0.15) is 40.4 Å². The molecular weight excluding hydrogens is 440 g/mol. The van der Waals surface area contributed by atoms with Gasteiger partial charge < -0.3 is 20.0 Å². The number of rotatable bonds is 5. The van der Waals surface area contributed by atoms with Crippen LogP contribution < -0.4 is 5.73 Å². The molecule has 2 fully saturated rings. The first-order valence-electron chi connectivity index (χ1n) is 11.5. The number of aromatic nitrogens is 1. The number of hydrogen-bond acceptors (Lipinski definition) is 6. The molecule has 0 atom stereocenters. The van der Waals surface area contributed by atoms with E-state index < -0.39 is 16.5 Å². The van der Waals surface area contributed by atoms with E-state index in [2.05, 4.69) is 27.9 Å². The van der Waals surface area contributed by atoms with Gasteiger partial charge in [-0.3, -0.25) is 18.8 Å². The van der Waals surface area contributed by atoms with Crippen LogP contribution in [0.5, 0.6) is 0 Å². The van der Waals surface area contributed by atoms with Gasteiger partial charge in [0.2, 0.25) is 0 Å². The zero-order valence-corrected chi connectivity index (χ0v) is 19.7. The number of piperazine rings is 1. The lowest BCUT2D eigenvalue weighted by molar-refractivity contribution is 0.100. The lowest BCUT2D eigenvalue weighted by Crippen LogP contribution is -2.43. The Bertz CT molecular complexity index is 1150. The van der Waals surface area contributed by atoms with Crippen LogP contribution in [0.4, 0.5) is 0 Å². The number of likely N-dealkylation sites (N-methyl/N-ethyl adjacent to an activating group) is 1. The molecule has 0 radical (unpaired) electrons. The Hall–Kier alpha value is -2.30. The molecule has 2 aromatic heterocycles. The van der Waals surface area contributed by atoms with Crippen LogP contribution >= 0.6 is 10.6 Å². The fourth-order valence-corrected chi connectivity index (χ4v) is 6.52. The summed E-state index contributed by atoms with van der Waals surface area (Å²) >= 11 is 0. The number of carbonyl (C=O) groups is 1. The maximum Gasteiger partial charge on any atom is 0.250 e. The van der Waals surface area contributed by atoms with Crippen LogP contribution in [-0.2, 0) is 6.54 Å². The van der Waals surface area contributed by atoms with Crippen molar-refractivity contribution in [1.82, 2.24) is 14.8 Å². The van der Waals surface area contributed by atoms with Gasteiger partial charge in [0.05, 0.1) is 17.6 Å². The molecule has 33 heavy (non-hydrogen) atoms. The van der Waals surface area contributed by atoms with E-state index in [1.54, 1.807) is 6.07 Å². The summed E-state index contributed by atoms with van der Waals surface area (Å²) in [6.07, 6.45) is 3.35. The second-order valence-corrected chi connectivity index (χ2v) is 11.8. The molecule has 8 nitrogen and oxygen atoms in total. The van der Waals surface area contributed by atoms with E-state index in [9.17, 15) is 13.9 Å². The highest BCUT2D eigenvalue weighted by atomic mass is 32.3. The third-order valence-corrected chi connectivity index (χ3v) is 8.81. The van der Waals surface area contributed by atoms with E-state index in [0.717, 1.165) is 60.5 Å². The van der Waals surface area contributed by atoms with Gasteiger partial charge in [-0.25, -0.2) is 0 Å². The molecule has 2 aliphatic heterocycles. The number of H-pyrrole nitrogens is 1. The molecular formula is C24H32N4O4S. The lowest BCUT2D eigenvalue weighted by atomic mass is 9.91. The number of fused-ring (bicyclic) bond motifs is 1. The first-order chi connectivity index (χ1) is 15.8. The summed E-state index contributed by atoms with van der Waals surface area (Å²) in [4.78, 5) is 20.2. The van der Waals surface area contributed by atoms with Gasteiger partial charge in [0, 0.05) is 54.8 Å². The normalized spacial score (nSPS) is 21.4. The second-order valence-electron chi connectivity index (χ2n) is 9.38. The van der Waals surface area contributed by atoms with Gasteiger partial charge >= 0.3 is 0 Å². The number of furan rings is 1. The van der Waals surface area contributed by atoms with Crippen molar-refractivity contribution in [2.24, 2.45) is 5.73 Å². The first-order valence-corrected chi connectivity index (χ1v) is 13.4. The second kappa shape index (κ2) is 8.81. The summed E-state index contributed by atoms with van der Waals surface area (Å²) < 4.78 is 26.2. The highest BCUT2D eigenvalue weighted by Crippen LogP contribution is 2.49. The van der Waals surface area contributed by atoms with Crippen LogP contribution in [0.2, 0.25) is 0 Å². The van der Waals surface area contributed by atoms with E-state index in [0.29, 0.717) is 35.7 Å². The smallest absolute Gasteiger partial charge is 0.250 e. The van der Waals surface area contributed by atoms with Gasteiger partial charge in [-0.2, -0.15) is 10.6 Å². The highest BCUT2D eigenvalue weighted by Gasteiger charge is 2.28. The quantitative estimate of drug-likeness (QED) is 0.447. The van der Waals surface area contributed by atoms with E-state index in [1.165, 1.54) is 0 Å². The summed E-state index contributed by atoms with van der Waals surface area (Å²) in [5.74, 6) is 2.17. The number of nitrogens with one attached hydrogen (secondary N) is 1. The minimum atomic E-state index is -2.45. The van der Waals surface area contributed by atoms with E-state index in [-0.39, 0.29) is 5.92 Å². The number of carbonyl (C=O) groups excluding carboxylic acids is 1. The van der Waals surface area contributed by atoms with Gasteiger partial charge in [-0.05, 0) is 55.6 Å². The van der Waals surface area contributed by atoms with Gasteiger partial charge in [0.25, 0.3) is 5.91 Å². The van der Waals surface area contributed by atoms with Crippen molar-refractivity contribution in [3.05, 3.63) is 47.3 Å². The topological polar surface area (TPSA) is 119 Å². The lowest BCUT2D eigenvalue weighted by Gasteiger charge is -2.39. The molecule has 0 unspecified atom stereocenters. The summed E-state index contributed by atoms with van der Waals surface area (Å²) in [5.41, 5.74) is 8.80. The predicted molar refractivity (Wildman–Crippen MR) is 132 cm³/mol. The number of nitrogens with zero attached hydrogens (tertiary/aromatic N) is 2. The van der Waals surface area contributed by atoms with Crippen molar-refractivity contribution in [3.63, 3.8) is 0 Å². The standard InChI is InChI=1S/C24H32N4O4S/c1-27-6-8-28(9-7-27)15-18-2-3-22(32-18)17-12-19-21(16-4-10-33(30,31)11-5-16)14-26-23(19)20(13-17)24(25)29/h2-3,12-14,16,26,30-31H,4-11,15H2,1H3,(H2,25,29). The SMILES string of the molecule is CN1CCN(Cc2ccc(-c3cc(C(N)=O)c4[nH]cc(C5CCS(O)(O)CC5)c4c3)o2)CC1. The molecule has 0 saturated carbocycles. The average molecular weight is 473 g/mol. The average Bonchev–Trinajstić information content (AvgIpc) is 3.42. The number of benzene rings is 1. The first kappa shape index (κ1) is 22.5. The number of primary amides is 1. The Morgan fingerprint density at radius 3 is 2.61 bits per heavy atom. The summed E-state index contributed by atoms with van der Waals surface area (Å²) in [5, 5.41) is 0.946. The van der Waals surface area contributed by atoms with Crippen molar-refractivity contribution in [3.8, 4) is 11.3 Å². The molecule has 5 rings (SSSR count). The van der Waals surface area contributed by atoms with E-state index in [1.807, 2.05) is 18.3 Å². The molecule has 0 spiro atoms.